The number of benzene rings is 1. The van der Waals surface area contributed by atoms with Gasteiger partial charge in [-0.15, -0.1) is 0 Å². The van der Waals surface area contributed by atoms with Gasteiger partial charge >= 0.3 is 5.69 Å². The molecule has 1 N–H and O–H groups in total. The highest BCUT2D eigenvalue weighted by Crippen LogP contribution is 2.20. The number of nitrogens with zero attached hydrogens (tertiary/aromatic N) is 1. The smallest absolute Gasteiger partial charge is 0.330 e. The van der Waals surface area contributed by atoms with E-state index in [9.17, 15) is 22.8 Å². The molecule has 8 heteroatoms. The van der Waals surface area contributed by atoms with Crippen LogP contribution in [-0.2, 0) is 24.3 Å². The largest absolute Gasteiger partial charge is 0.361 e. The van der Waals surface area contributed by atoms with Crippen LogP contribution < -0.4 is 11.2 Å². The van der Waals surface area contributed by atoms with Crippen molar-refractivity contribution in [2.75, 3.05) is 6.61 Å². The normalized spacial score (nSPS) is 11.0. The second-order valence-electron chi connectivity index (χ2n) is 5.09. The van der Waals surface area contributed by atoms with Gasteiger partial charge in [-0.05, 0) is 25.5 Å². The highest BCUT2D eigenvalue weighted by atomic mass is 19.2. The summed E-state index contributed by atoms with van der Waals surface area (Å²) in [5.41, 5.74) is -1.64. The molecule has 1 aromatic heterocycles. The van der Waals surface area contributed by atoms with E-state index in [1.807, 2.05) is 0 Å². The highest BCUT2D eigenvalue weighted by molar-refractivity contribution is 5.29. The number of nitrogens with one attached hydrogen (secondary N) is 1. The molecule has 1 heterocycles. The molecule has 0 atom stereocenters. The Kier molecular flexibility index (Phi) is 5.61. The maximum atomic E-state index is 13.9. The van der Waals surface area contributed by atoms with E-state index in [1.54, 1.807) is 13.8 Å². The van der Waals surface area contributed by atoms with Crippen molar-refractivity contribution in [3.8, 4) is 0 Å². The molecular weight excluding hydrogens is 325 g/mol. The predicted octanol–water partition coefficient (Wildman–Crippen LogP) is 2.10. The molecule has 5 nitrogen and oxygen atoms in total. The monoisotopic (exact) mass is 342 g/mol. The second-order valence-corrected chi connectivity index (χ2v) is 5.09. The van der Waals surface area contributed by atoms with Crippen molar-refractivity contribution in [3.05, 3.63) is 67.2 Å². The third-order valence-corrected chi connectivity index (χ3v) is 3.68. The van der Waals surface area contributed by atoms with Crippen LogP contribution in [0.15, 0.2) is 21.7 Å². The molecule has 0 spiro atoms. The van der Waals surface area contributed by atoms with Gasteiger partial charge in [-0.1, -0.05) is 6.92 Å². The Labute approximate surface area is 135 Å². The molecule has 0 bridgehead atoms. The van der Waals surface area contributed by atoms with E-state index >= 15 is 0 Å². The molecule has 24 heavy (non-hydrogen) atoms. The van der Waals surface area contributed by atoms with Crippen LogP contribution >= 0.6 is 0 Å². The average molecular weight is 342 g/mol. The molecule has 0 amide bonds. The highest BCUT2D eigenvalue weighted by Gasteiger charge is 2.20. The van der Waals surface area contributed by atoms with Crippen molar-refractivity contribution >= 4 is 0 Å². The lowest BCUT2D eigenvalue weighted by Gasteiger charge is -2.16. The van der Waals surface area contributed by atoms with Gasteiger partial charge in [-0.3, -0.25) is 14.3 Å². The lowest BCUT2D eigenvalue weighted by Crippen LogP contribution is -2.36. The number of aromatic nitrogens is 2. The summed E-state index contributed by atoms with van der Waals surface area (Å²) in [6, 6.07) is 1.48. The van der Waals surface area contributed by atoms with Crippen molar-refractivity contribution in [1.29, 1.82) is 0 Å². The van der Waals surface area contributed by atoms with Crippen LogP contribution in [-0.4, -0.2) is 16.2 Å². The SMILES string of the molecule is CCOCn1c(Cc2c(F)ccc(F)c2F)c(CC)c(=O)[nH]c1=O. The standard InChI is InChI=1S/C16H17F3N2O3/c1-3-9-13(7-10-11(17)5-6-12(18)14(10)19)21(8-24-4-2)16(23)20-15(9)22/h5-6H,3-4,7-8H2,1-2H3,(H,20,22,23). The molecule has 2 aromatic rings. The minimum atomic E-state index is -1.34. The second kappa shape index (κ2) is 7.48. The molecule has 0 fully saturated rings. The fraction of sp³-hybridized carbons (Fsp3) is 0.375. The molecule has 0 saturated heterocycles. The van der Waals surface area contributed by atoms with Crippen molar-refractivity contribution in [2.24, 2.45) is 0 Å². The Morgan fingerprint density at radius 2 is 1.75 bits per heavy atom. The number of H-pyrrole nitrogens is 1. The van der Waals surface area contributed by atoms with Crippen LogP contribution in [0.4, 0.5) is 13.2 Å². The summed E-state index contributed by atoms with van der Waals surface area (Å²) in [6.45, 7) is 3.49. The lowest BCUT2D eigenvalue weighted by atomic mass is 10.0. The zero-order chi connectivity index (χ0) is 17.9. The molecule has 0 saturated carbocycles. The Morgan fingerprint density at radius 1 is 1.08 bits per heavy atom. The first-order valence-corrected chi connectivity index (χ1v) is 7.45. The van der Waals surface area contributed by atoms with Gasteiger partial charge in [0.1, 0.15) is 12.5 Å². The number of rotatable bonds is 6. The van der Waals surface area contributed by atoms with E-state index in [0.29, 0.717) is 12.7 Å². The minimum Gasteiger partial charge on any atom is -0.361 e. The first kappa shape index (κ1) is 18.0. The van der Waals surface area contributed by atoms with E-state index in [2.05, 4.69) is 4.98 Å². The maximum Gasteiger partial charge on any atom is 0.330 e. The van der Waals surface area contributed by atoms with Gasteiger partial charge in [0.2, 0.25) is 0 Å². The van der Waals surface area contributed by atoms with Gasteiger partial charge < -0.3 is 4.74 Å². The fourth-order valence-electron chi connectivity index (χ4n) is 2.44. The summed E-state index contributed by atoms with van der Waals surface area (Å²) in [5, 5.41) is 0. The quantitative estimate of drug-likeness (QED) is 0.818. The van der Waals surface area contributed by atoms with E-state index in [-0.39, 0.29) is 24.4 Å². The van der Waals surface area contributed by atoms with Crippen LogP contribution in [0.5, 0.6) is 0 Å². The molecule has 0 unspecified atom stereocenters. The summed E-state index contributed by atoms with van der Waals surface area (Å²) in [7, 11) is 0. The molecular formula is C16H17F3N2O3. The van der Waals surface area contributed by atoms with E-state index < -0.39 is 40.7 Å². The zero-order valence-corrected chi connectivity index (χ0v) is 13.3. The Morgan fingerprint density at radius 3 is 2.38 bits per heavy atom. The number of ether oxygens (including phenoxy) is 1. The van der Waals surface area contributed by atoms with Crippen molar-refractivity contribution in [2.45, 2.75) is 33.4 Å². The topological polar surface area (TPSA) is 64.1 Å². The van der Waals surface area contributed by atoms with Gasteiger partial charge in [0.15, 0.2) is 11.6 Å². The molecule has 130 valence electrons. The zero-order valence-electron chi connectivity index (χ0n) is 13.3. The molecule has 2 rings (SSSR count). The number of aromatic amines is 1. The first-order chi connectivity index (χ1) is 11.4. The van der Waals surface area contributed by atoms with Crippen molar-refractivity contribution in [3.63, 3.8) is 0 Å². The Hall–Kier alpha value is -2.35. The van der Waals surface area contributed by atoms with Crippen molar-refractivity contribution < 1.29 is 17.9 Å². The first-order valence-electron chi connectivity index (χ1n) is 7.45. The van der Waals surface area contributed by atoms with Gasteiger partial charge in [-0.2, -0.15) is 0 Å². The Bertz CT molecular complexity index is 859. The van der Waals surface area contributed by atoms with Crippen LogP contribution in [0.3, 0.4) is 0 Å². The van der Waals surface area contributed by atoms with Gasteiger partial charge in [0.05, 0.1) is 0 Å². The van der Waals surface area contributed by atoms with Crippen LogP contribution in [0.1, 0.15) is 30.7 Å². The molecule has 0 aliphatic heterocycles. The maximum absolute atomic E-state index is 13.9. The fourth-order valence-corrected chi connectivity index (χ4v) is 2.44. The van der Waals surface area contributed by atoms with Crippen LogP contribution in [0.25, 0.3) is 0 Å². The van der Waals surface area contributed by atoms with E-state index in [4.69, 9.17) is 4.74 Å². The van der Waals surface area contributed by atoms with Crippen LogP contribution in [0.2, 0.25) is 0 Å². The third kappa shape index (κ3) is 3.43. The molecule has 0 radical (unpaired) electrons. The summed E-state index contributed by atoms with van der Waals surface area (Å²) in [4.78, 5) is 26.1. The molecule has 0 aliphatic rings. The summed E-state index contributed by atoms with van der Waals surface area (Å²) < 4.78 is 47.6. The van der Waals surface area contributed by atoms with Crippen LogP contribution in [0, 0.1) is 17.5 Å². The predicted molar refractivity (Wildman–Crippen MR) is 81.4 cm³/mol. The third-order valence-electron chi connectivity index (χ3n) is 3.68. The van der Waals surface area contributed by atoms with Crippen molar-refractivity contribution in [1.82, 2.24) is 9.55 Å². The number of hydrogen-bond acceptors (Lipinski definition) is 3. The summed E-state index contributed by atoms with van der Waals surface area (Å²) in [5.74, 6) is -3.49. The van der Waals surface area contributed by atoms with E-state index in [1.165, 1.54) is 0 Å². The van der Waals surface area contributed by atoms with E-state index in [0.717, 1.165) is 10.6 Å². The number of halogens is 3. The van der Waals surface area contributed by atoms with Gasteiger partial charge in [-0.25, -0.2) is 18.0 Å². The summed E-state index contributed by atoms with van der Waals surface area (Å²) in [6.07, 6.45) is -0.208. The lowest BCUT2D eigenvalue weighted by molar-refractivity contribution is 0.0821. The molecule has 0 aliphatic carbocycles. The number of hydrogen-bond donors (Lipinski definition) is 1. The average Bonchev–Trinajstić information content (AvgIpc) is 2.54. The van der Waals surface area contributed by atoms with Gasteiger partial charge in [0, 0.05) is 29.8 Å². The molecule has 1 aromatic carbocycles. The Balaban J connectivity index is 2.66. The van der Waals surface area contributed by atoms with Gasteiger partial charge in [0.25, 0.3) is 5.56 Å². The summed E-state index contributed by atoms with van der Waals surface area (Å²) >= 11 is 0. The minimum absolute atomic E-state index is 0.100.